The molecule has 0 spiro atoms. The van der Waals surface area contributed by atoms with E-state index in [0.717, 1.165) is 78.0 Å². The maximum Gasteiger partial charge on any atom is 0.191 e. The lowest BCUT2D eigenvalue weighted by molar-refractivity contribution is 0.00937. The van der Waals surface area contributed by atoms with Gasteiger partial charge in [0.25, 0.3) is 0 Å². The molecule has 0 atom stereocenters. The van der Waals surface area contributed by atoms with Gasteiger partial charge in [0.1, 0.15) is 0 Å². The second-order valence-corrected chi connectivity index (χ2v) is 8.72. The van der Waals surface area contributed by atoms with Gasteiger partial charge in [0, 0.05) is 71.5 Å². The highest BCUT2D eigenvalue weighted by Crippen LogP contribution is 2.37. The van der Waals surface area contributed by atoms with Gasteiger partial charge < -0.3 is 25.0 Å². The van der Waals surface area contributed by atoms with Crippen molar-refractivity contribution in [2.45, 2.75) is 45.4 Å². The van der Waals surface area contributed by atoms with E-state index in [1.165, 1.54) is 38.6 Å². The first-order valence-corrected chi connectivity index (χ1v) is 11.7. The Bertz CT molecular complexity index is 448. The van der Waals surface area contributed by atoms with Crippen LogP contribution in [0.25, 0.3) is 0 Å². The zero-order chi connectivity index (χ0) is 20.8. The van der Waals surface area contributed by atoms with Crippen LogP contribution in [0.5, 0.6) is 0 Å². The van der Waals surface area contributed by atoms with Crippen molar-refractivity contribution in [3.8, 4) is 0 Å². The Hall–Kier alpha value is -0.890. The monoisotopic (exact) mass is 411 g/mol. The minimum absolute atomic E-state index is 0.328. The predicted octanol–water partition coefficient (Wildman–Crippen LogP) is 1.79. The highest BCUT2D eigenvalue weighted by atomic mass is 16.5. The van der Waals surface area contributed by atoms with E-state index in [9.17, 15) is 0 Å². The van der Waals surface area contributed by atoms with E-state index in [1.54, 1.807) is 7.11 Å². The summed E-state index contributed by atoms with van der Waals surface area (Å²) >= 11 is 0. The van der Waals surface area contributed by atoms with Gasteiger partial charge in [0.05, 0.1) is 13.2 Å². The fourth-order valence-corrected chi connectivity index (χ4v) is 4.45. The standard InChI is InChI=1S/C22H45N5O2/c1-4-23-21(24-11-13-26(2)12-8-16-28-3)25-19-22(9-6-5-7-10-22)20-27-14-17-29-18-15-27/h4-20H2,1-3H3,(H2,23,24,25). The Morgan fingerprint density at radius 3 is 2.59 bits per heavy atom. The Kier molecular flexibility index (Phi) is 11.9. The zero-order valence-electron chi connectivity index (χ0n) is 19.2. The van der Waals surface area contributed by atoms with Gasteiger partial charge in [0.15, 0.2) is 5.96 Å². The molecule has 0 bridgehead atoms. The number of morpholine rings is 1. The van der Waals surface area contributed by atoms with Crippen molar-refractivity contribution < 1.29 is 9.47 Å². The van der Waals surface area contributed by atoms with Crippen LogP contribution in [-0.2, 0) is 9.47 Å². The molecule has 0 aromatic rings. The number of nitrogens with zero attached hydrogens (tertiary/aromatic N) is 3. The van der Waals surface area contributed by atoms with Crippen LogP contribution in [0.3, 0.4) is 0 Å². The lowest BCUT2D eigenvalue weighted by atomic mass is 9.73. The van der Waals surface area contributed by atoms with Gasteiger partial charge in [-0.3, -0.25) is 9.89 Å². The number of hydrogen-bond acceptors (Lipinski definition) is 5. The Morgan fingerprint density at radius 2 is 1.90 bits per heavy atom. The molecule has 1 heterocycles. The van der Waals surface area contributed by atoms with Crippen molar-refractivity contribution in [2.24, 2.45) is 10.4 Å². The van der Waals surface area contributed by atoms with Crippen LogP contribution in [0.4, 0.5) is 0 Å². The van der Waals surface area contributed by atoms with Crippen molar-refractivity contribution in [2.75, 3.05) is 86.3 Å². The average Bonchev–Trinajstić information content (AvgIpc) is 2.74. The van der Waals surface area contributed by atoms with Gasteiger partial charge in [-0.1, -0.05) is 19.3 Å². The molecule has 2 fully saturated rings. The van der Waals surface area contributed by atoms with E-state index in [2.05, 4.69) is 34.4 Å². The van der Waals surface area contributed by atoms with E-state index < -0.39 is 0 Å². The molecule has 1 aliphatic heterocycles. The van der Waals surface area contributed by atoms with E-state index in [0.29, 0.717) is 5.41 Å². The van der Waals surface area contributed by atoms with Crippen molar-refractivity contribution in [1.29, 1.82) is 0 Å². The van der Waals surface area contributed by atoms with E-state index in [-0.39, 0.29) is 0 Å². The van der Waals surface area contributed by atoms with Crippen LogP contribution >= 0.6 is 0 Å². The topological polar surface area (TPSA) is 61.4 Å². The number of hydrogen-bond donors (Lipinski definition) is 2. The van der Waals surface area contributed by atoms with Crippen LogP contribution in [0.1, 0.15) is 45.4 Å². The fraction of sp³-hybridized carbons (Fsp3) is 0.955. The first-order valence-electron chi connectivity index (χ1n) is 11.7. The number of rotatable bonds is 12. The SMILES string of the molecule is CCNC(=NCC1(CN2CCOCC2)CCCCC1)NCCN(C)CCCOC. The van der Waals surface area contributed by atoms with Crippen LogP contribution in [0, 0.1) is 5.41 Å². The molecule has 0 radical (unpaired) electrons. The third-order valence-corrected chi connectivity index (χ3v) is 6.17. The number of likely N-dealkylation sites (N-methyl/N-ethyl adjacent to an activating group) is 1. The molecule has 0 unspecified atom stereocenters. The van der Waals surface area contributed by atoms with Crippen molar-refractivity contribution in [3.63, 3.8) is 0 Å². The highest BCUT2D eigenvalue weighted by Gasteiger charge is 2.34. The summed E-state index contributed by atoms with van der Waals surface area (Å²) in [6, 6.07) is 0. The summed E-state index contributed by atoms with van der Waals surface area (Å²) in [5.74, 6) is 0.963. The predicted molar refractivity (Wildman–Crippen MR) is 121 cm³/mol. The third-order valence-electron chi connectivity index (χ3n) is 6.17. The summed E-state index contributed by atoms with van der Waals surface area (Å²) in [6.45, 7) is 12.8. The van der Waals surface area contributed by atoms with Crippen LogP contribution in [-0.4, -0.2) is 102 Å². The van der Waals surface area contributed by atoms with Crippen LogP contribution in [0.15, 0.2) is 4.99 Å². The molecule has 0 amide bonds. The molecule has 2 N–H and O–H groups in total. The third kappa shape index (κ3) is 9.64. The molecule has 0 aromatic heterocycles. The molecule has 0 aromatic carbocycles. The van der Waals surface area contributed by atoms with E-state index in [1.807, 2.05) is 0 Å². The average molecular weight is 412 g/mol. The lowest BCUT2D eigenvalue weighted by Gasteiger charge is -2.41. The van der Waals surface area contributed by atoms with Crippen molar-refractivity contribution in [1.82, 2.24) is 20.4 Å². The zero-order valence-corrected chi connectivity index (χ0v) is 19.2. The molecule has 2 aliphatic rings. The number of ether oxygens (including phenoxy) is 2. The van der Waals surface area contributed by atoms with Gasteiger partial charge in [-0.2, -0.15) is 0 Å². The van der Waals surface area contributed by atoms with E-state index in [4.69, 9.17) is 14.5 Å². The first-order chi connectivity index (χ1) is 14.2. The van der Waals surface area contributed by atoms with Gasteiger partial charge >= 0.3 is 0 Å². The molecular formula is C22H45N5O2. The molecular weight excluding hydrogens is 366 g/mol. The summed E-state index contributed by atoms with van der Waals surface area (Å²) in [5.41, 5.74) is 0.328. The Morgan fingerprint density at radius 1 is 1.14 bits per heavy atom. The molecule has 1 saturated carbocycles. The summed E-state index contributed by atoms with van der Waals surface area (Å²) in [6.07, 6.45) is 7.74. The summed E-state index contributed by atoms with van der Waals surface area (Å²) in [7, 11) is 3.93. The molecule has 29 heavy (non-hydrogen) atoms. The fourth-order valence-electron chi connectivity index (χ4n) is 4.45. The summed E-state index contributed by atoms with van der Waals surface area (Å²) < 4.78 is 10.7. The number of methoxy groups -OCH3 is 1. The van der Waals surface area contributed by atoms with Crippen molar-refractivity contribution in [3.05, 3.63) is 0 Å². The quantitative estimate of drug-likeness (QED) is 0.290. The number of nitrogens with one attached hydrogen (secondary N) is 2. The largest absolute Gasteiger partial charge is 0.385 e. The van der Waals surface area contributed by atoms with E-state index >= 15 is 0 Å². The minimum Gasteiger partial charge on any atom is -0.385 e. The van der Waals surface area contributed by atoms with Crippen LogP contribution in [0.2, 0.25) is 0 Å². The van der Waals surface area contributed by atoms with Gasteiger partial charge in [-0.05, 0) is 33.2 Å². The lowest BCUT2D eigenvalue weighted by Crippen LogP contribution is -2.47. The Balaban J connectivity index is 1.85. The normalized spacial score (nSPS) is 20.8. The molecule has 170 valence electrons. The second-order valence-electron chi connectivity index (χ2n) is 8.72. The molecule has 2 rings (SSSR count). The molecule has 1 saturated heterocycles. The number of aliphatic imine (C=N–C) groups is 1. The van der Waals surface area contributed by atoms with Crippen LogP contribution < -0.4 is 10.6 Å². The second kappa shape index (κ2) is 14.2. The van der Waals surface area contributed by atoms with Gasteiger partial charge in [-0.15, -0.1) is 0 Å². The van der Waals surface area contributed by atoms with Crippen molar-refractivity contribution >= 4 is 5.96 Å². The summed E-state index contributed by atoms with van der Waals surface area (Å²) in [5, 5.41) is 6.97. The molecule has 7 heteroatoms. The molecule has 1 aliphatic carbocycles. The minimum atomic E-state index is 0.328. The van der Waals surface area contributed by atoms with Gasteiger partial charge in [0.2, 0.25) is 0 Å². The summed E-state index contributed by atoms with van der Waals surface area (Å²) in [4.78, 5) is 9.99. The van der Waals surface area contributed by atoms with Gasteiger partial charge in [-0.25, -0.2) is 0 Å². The highest BCUT2D eigenvalue weighted by molar-refractivity contribution is 5.79. The number of guanidine groups is 1. The smallest absolute Gasteiger partial charge is 0.191 e. The first kappa shape index (κ1) is 24.4. The maximum atomic E-state index is 5.55. The Labute approximate surface area is 178 Å². The molecule has 7 nitrogen and oxygen atoms in total. The maximum absolute atomic E-state index is 5.55.